The van der Waals surface area contributed by atoms with Gasteiger partial charge < -0.3 is 5.32 Å². The minimum Gasteiger partial charge on any atom is -0.350 e. The first-order chi connectivity index (χ1) is 6.33. The van der Waals surface area contributed by atoms with E-state index in [1.165, 1.54) is 0 Å². The summed E-state index contributed by atoms with van der Waals surface area (Å²) in [5, 5.41) is 2.66. The minimum atomic E-state index is -0.216. The summed E-state index contributed by atoms with van der Waals surface area (Å²) in [4.78, 5) is 15.1. The van der Waals surface area contributed by atoms with E-state index in [1.54, 1.807) is 0 Å². The third-order valence-corrected chi connectivity index (χ3v) is 1.55. The molecule has 0 bridgehead atoms. The molecule has 0 saturated heterocycles. The second-order valence-electron chi connectivity index (χ2n) is 2.57. The first-order valence-electron chi connectivity index (χ1n) is 3.95. The van der Waals surface area contributed by atoms with Crippen molar-refractivity contribution in [3.63, 3.8) is 0 Å². The van der Waals surface area contributed by atoms with Crippen molar-refractivity contribution in [2.24, 2.45) is 5.90 Å². The Morgan fingerprint density at radius 1 is 1.36 bits per heavy atom. The summed E-state index contributed by atoms with van der Waals surface area (Å²) in [6.07, 6.45) is 0. The molecule has 0 aliphatic carbocycles. The fourth-order valence-corrected chi connectivity index (χ4v) is 0.923. The van der Waals surface area contributed by atoms with Crippen molar-refractivity contribution in [1.82, 2.24) is 5.32 Å². The van der Waals surface area contributed by atoms with Crippen LogP contribution in [-0.2, 0) is 16.2 Å². The fraction of sp³-hybridized carbons (Fsp3) is 0.222. The van der Waals surface area contributed by atoms with Crippen molar-refractivity contribution in [3.05, 3.63) is 35.9 Å². The monoisotopic (exact) mass is 260 g/mol. The lowest BCUT2D eigenvalue weighted by molar-refractivity contribution is -0.125. The van der Waals surface area contributed by atoms with Crippen LogP contribution in [-0.4, -0.2) is 12.5 Å². The highest BCUT2D eigenvalue weighted by Crippen LogP contribution is 1.96. The van der Waals surface area contributed by atoms with E-state index in [0.29, 0.717) is 6.54 Å². The maximum atomic E-state index is 10.9. The Hall–Kier alpha value is -0.910. The van der Waals surface area contributed by atoms with Crippen LogP contribution in [0.25, 0.3) is 0 Å². The van der Waals surface area contributed by atoms with Gasteiger partial charge in [-0.1, -0.05) is 30.3 Å². The van der Waals surface area contributed by atoms with Gasteiger partial charge in [-0.15, -0.1) is 17.0 Å². The number of nitrogens with one attached hydrogen (secondary N) is 1. The lowest BCUT2D eigenvalue weighted by Crippen LogP contribution is -2.28. The van der Waals surface area contributed by atoms with Gasteiger partial charge in [0.1, 0.15) is 6.61 Å². The van der Waals surface area contributed by atoms with Gasteiger partial charge in [-0.3, -0.25) is 9.63 Å². The zero-order valence-corrected chi connectivity index (χ0v) is 9.32. The molecule has 0 aliphatic rings. The number of carbonyl (C=O) groups is 1. The van der Waals surface area contributed by atoms with Gasteiger partial charge in [-0.05, 0) is 5.56 Å². The van der Waals surface area contributed by atoms with Gasteiger partial charge in [-0.2, -0.15) is 0 Å². The van der Waals surface area contributed by atoms with Crippen molar-refractivity contribution in [2.75, 3.05) is 6.61 Å². The molecule has 0 fully saturated rings. The topological polar surface area (TPSA) is 64.3 Å². The number of carbonyl (C=O) groups excluding carboxylic acids is 1. The summed E-state index contributed by atoms with van der Waals surface area (Å²) in [5.41, 5.74) is 1.05. The van der Waals surface area contributed by atoms with Crippen molar-refractivity contribution in [2.45, 2.75) is 6.54 Å². The number of amides is 1. The van der Waals surface area contributed by atoms with Gasteiger partial charge in [0.05, 0.1) is 0 Å². The second kappa shape index (κ2) is 7.49. The molecule has 4 nitrogen and oxygen atoms in total. The Balaban J connectivity index is 0.00000169. The van der Waals surface area contributed by atoms with Crippen molar-refractivity contribution >= 4 is 22.9 Å². The first-order valence-corrected chi connectivity index (χ1v) is 3.95. The molecule has 0 aromatic heterocycles. The number of halogens is 1. The normalized spacial score (nSPS) is 8.93. The largest absolute Gasteiger partial charge is 0.350 e. The van der Waals surface area contributed by atoms with Gasteiger partial charge in [0.2, 0.25) is 5.91 Å². The maximum absolute atomic E-state index is 10.9. The van der Waals surface area contributed by atoms with E-state index in [4.69, 9.17) is 5.90 Å². The minimum absolute atomic E-state index is 0. The molecule has 0 aliphatic heterocycles. The molecule has 14 heavy (non-hydrogen) atoms. The van der Waals surface area contributed by atoms with Crippen LogP contribution in [0.1, 0.15) is 5.56 Å². The smallest absolute Gasteiger partial charge is 0.248 e. The summed E-state index contributed by atoms with van der Waals surface area (Å²) in [7, 11) is 0. The van der Waals surface area contributed by atoms with Crippen LogP contribution in [0.2, 0.25) is 0 Å². The van der Waals surface area contributed by atoms with Crippen LogP contribution < -0.4 is 11.2 Å². The molecule has 78 valence electrons. The SMILES string of the molecule is Br.NOCC(=O)NCc1ccccc1. The Bertz CT molecular complexity index is 267. The molecular formula is C9H13BrN2O2. The lowest BCUT2D eigenvalue weighted by atomic mass is 10.2. The molecule has 0 atom stereocenters. The highest BCUT2D eigenvalue weighted by atomic mass is 79.9. The predicted octanol–water partition coefficient (Wildman–Crippen LogP) is 0.771. The highest BCUT2D eigenvalue weighted by Gasteiger charge is 1.98. The van der Waals surface area contributed by atoms with Gasteiger partial charge in [0, 0.05) is 6.54 Å². The van der Waals surface area contributed by atoms with Gasteiger partial charge >= 0.3 is 0 Å². The molecule has 5 heteroatoms. The van der Waals surface area contributed by atoms with E-state index in [2.05, 4.69) is 10.2 Å². The highest BCUT2D eigenvalue weighted by molar-refractivity contribution is 8.93. The summed E-state index contributed by atoms with van der Waals surface area (Å²) in [6, 6.07) is 9.63. The predicted molar refractivity (Wildman–Crippen MR) is 58.8 cm³/mol. The molecule has 3 N–H and O–H groups in total. The molecule has 1 aromatic rings. The van der Waals surface area contributed by atoms with E-state index in [0.717, 1.165) is 5.56 Å². The average molecular weight is 261 g/mol. The van der Waals surface area contributed by atoms with Gasteiger partial charge in [0.25, 0.3) is 0 Å². The number of hydrogen-bond donors (Lipinski definition) is 2. The van der Waals surface area contributed by atoms with Crippen molar-refractivity contribution in [1.29, 1.82) is 0 Å². The average Bonchev–Trinajstić information content (AvgIpc) is 2.17. The lowest BCUT2D eigenvalue weighted by Gasteiger charge is -2.03. The third-order valence-electron chi connectivity index (χ3n) is 1.55. The first kappa shape index (κ1) is 13.1. The van der Waals surface area contributed by atoms with Crippen LogP contribution in [0, 0.1) is 0 Å². The van der Waals surface area contributed by atoms with E-state index < -0.39 is 0 Å². The third kappa shape index (κ3) is 4.96. The standard InChI is InChI=1S/C9H12N2O2.BrH/c10-13-7-9(12)11-6-8-4-2-1-3-5-8;/h1-5H,6-7,10H2,(H,11,12);1H. The summed E-state index contributed by atoms with van der Waals surface area (Å²) >= 11 is 0. The molecule has 0 unspecified atom stereocenters. The van der Waals surface area contributed by atoms with Crippen molar-refractivity contribution in [3.8, 4) is 0 Å². The maximum Gasteiger partial charge on any atom is 0.248 e. The number of benzene rings is 1. The Labute approximate surface area is 93.2 Å². The van der Waals surface area contributed by atoms with Crippen LogP contribution >= 0.6 is 17.0 Å². The van der Waals surface area contributed by atoms with Gasteiger partial charge in [-0.25, -0.2) is 5.90 Å². The fourth-order valence-electron chi connectivity index (χ4n) is 0.923. The molecule has 0 saturated carbocycles. The summed E-state index contributed by atoms with van der Waals surface area (Å²) < 4.78 is 0. The summed E-state index contributed by atoms with van der Waals surface area (Å²) in [5.74, 6) is 4.52. The van der Waals surface area contributed by atoms with Crippen LogP contribution in [0.15, 0.2) is 30.3 Å². The number of nitrogens with two attached hydrogens (primary N) is 1. The van der Waals surface area contributed by atoms with Crippen LogP contribution in [0.4, 0.5) is 0 Å². The number of hydrogen-bond acceptors (Lipinski definition) is 3. The van der Waals surface area contributed by atoms with E-state index >= 15 is 0 Å². The zero-order chi connectivity index (χ0) is 9.52. The van der Waals surface area contributed by atoms with Crippen LogP contribution in [0.3, 0.4) is 0 Å². The quantitative estimate of drug-likeness (QED) is 0.787. The van der Waals surface area contributed by atoms with E-state index in [-0.39, 0.29) is 29.5 Å². The molecular weight excluding hydrogens is 248 g/mol. The van der Waals surface area contributed by atoms with Crippen LogP contribution in [0.5, 0.6) is 0 Å². The molecule has 1 rings (SSSR count). The summed E-state index contributed by atoms with van der Waals surface area (Å²) in [6.45, 7) is 0.399. The van der Waals surface area contributed by atoms with E-state index in [1.807, 2.05) is 30.3 Å². The molecule has 1 amide bonds. The zero-order valence-electron chi connectivity index (χ0n) is 7.60. The Morgan fingerprint density at radius 3 is 2.57 bits per heavy atom. The molecule has 0 heterocycles. The van der Waals surface area contributed by atoms with Gasteiger partial charge in [0.15, 0.2) is 0 Å². The Kier molecular flexibility index (Phi) is 7.00. The second-order valence-corrected chi connectivity index (χ2v) is 2.57. The molecule has 0 radical (unpaired) electrons. The van der Waals surface area contributed by atoms with Crippen molar-refractivity contribution < 1.29 is 9.63 Å². The Morgan fingerprint density at radius 2 is 2.00 bits per heavy atom. The molecule has 1 aromatic carbocycles. The van der Waals surface area contributed by atoms with E-state index in [9.17, 15) is 4.79 Å². The number of rotatable bonds is 4. The molecule has 0 spiro atoms.